The molecule has 7 nitrogen and oxygen atoms in total. The number of carboxylic acids is 1. The predicted molar refractivity (Wildman–Crippen MR) is 97.2 cm³/mol. The first kappa shape index (κ1) is 19.6. The first-order valence-electron chi connectivity index (χ1n) is 8.71. The summed E-state index contributed by atoms with van der Waals surface area (Å²) in [5.41, 5.74) is 0.581. The molecule has 1 fully saturated rings. The summed E-state index contributed by atoms with van der Waals surface area (Å²) in [6, 6.07) is 6.70. The molecule has 0 saturated heterocycles. The number of ether oxygens (including phenoxy) is 1. The maximum absolute atomic E-state index is 11.8. The summed E-state index contributed by atoms with van der Waals surface area (Å²) in [6.07, 6.45) is 2.79. The number of nitriles is 1. The summed E-state index contributed by atoms with van der Waals surface area (Å²) < 4.78 is 5.27. The fourth-order valence-electron chi connectivity index (χ4n) is 2.97. The van der Waals surface area contributed by atoms with E-state index in [4.69, 9.17) is 9.84 Å². The Kier molecular flexibility index (Phi) is 6.09. The number of aromatic carboxylic acids is 1. The smallest absolute Gasteiger partial charge is 0.407 e. The van der Waals surface area contributed by atoms with Crippen molar-refractivity contribution >= 4 is 17.7 Å². The molecule has 0 spiro atoms. The van der Waals surface area contributed by atoms with Gasteiger partial charge in [-0.05, 0) is 64.7 Å². The average Bonchev–Trinajstić information content (AvgIpc) is 2.54. The molecule has 2 rings (SSSR count). The van der Waals surface area contributed by atoms with E-state index >= 15 is 0 Å². The van der Waals surface area contributed by atoms with Gasteiger partial charge in [-0.15, -0.1) is 0 Å². The lowest BCUT2D eigenvalue weighted by molar-refractivity contribution is 0.0491. The molecule has 1 aromatic rings. The van der Waals surface area contributed by atoms with Crippen molar-refractivity contribution in [1.82, 2.24) is 5.32 Å². The van der Waals surface area contributed by atoms with Gasteiger partial charge >= 0.3 is 12.1 Å². The SMILES string of the molecule is CC(C)(C)OC(=O)N[C@H]1CC[C@H](Nc2cc(C(=O)O)ccc2C#N)CC1. The first-order valence-corrected chi connectivity index (χ1v) is 8.71. The van der Waals surface area contributed by atoms with Gasteiger partial charge in [0.2, 0.25) is 0 Å². The van der Waals surface area contributed by atoms with E-state index in [2.05, 4.69) is 16.7 Å². The second kappa shape index (κ2) is 8.09. The lowest BCUT2D eigenvalue weighted by Crippen LogP contribution is -2.42. The van der Waals surface area contributed by atoms with Gasteiger partial charge in [-0.25, -0.2) is 9.59 Å². The van der Waals surface area contributed by atoms with Crippen LogP contribution in [0.15, 0.2) is 18.2 Å². The number of carboxylic acid groups (broad SMARTS) is 1. The fourth-order valence-corrected chi connectivity index (χ4v) is 2.97. The van der Waals surface area contributed by atoms with E-state index in [1.165, 1.54) is 18.2 Å². The van der Waals surface area contributed by atoms with Crippen LogP contribution in [0.1, 0.15) is 62.4 Å². The van der Waals surface area contributed by atoms with Crippen LogP contribution in [0.25, 0.3) is 0 Å². The fraction of sp³-hybridized carbons (Fsp3) is 0.526. The van der Waals surface area contributed by atoms with E-state index in [1.807, 2.05) is 20.8 Å². The molecule has 1 amide bonds. The van der Waals surface area contributed by atoms with Gasteiger partial charge in [-0.1, -0.05) is 0 Å². The van der Waals surface area contributed by atoms with Crippen LogP contribution in [0.4, 0.5) is 10.5 Å². The molecule has 0 atom stereocenters. The molecule has 1 aliphatic carbocycles. The number of carbonyl (C=O) groups excluding carboxylic acids is 1. The third kappa shape index (κ3) is 5.66. The number of hydrogen-bond donors (Lipinski definition) is 3. The Bertz CT molecular complexity index is 710. The normalized spacial score (nSPS) is 19.9. The van der Waals surface area contributed by atoms with Crippen molar-refractivity contribution < 1.29 is 19.4 Å². The van der Waals surface area contributed by atoms with Crippen LogP contribution in [0.3, 0.4) is 0 Å². The number of alkyl carbamates (subject to hydrolysis) is 1. The predicted octanol–water partition coefficient (Wildman–Crippen LogP) is 3.50. The molecule has 0 radical (unpaired) electrons. The van der Waals surface area contributed by atoms with Crippen LogP contribution in [-0.4, -0.2) is 34.9 Å². The zero-order chi connectivity index (χ0) is 19.3. The summed E-state index contributed by atoms with van der Waals surface area (Å²) in [5.74, 6) is -1.03. The van der Waals surface area contributed by atoms with Gasteiger partial charge < -0.3 is 20.5 Å². The van der Waals surface area contributed by atoms with Crippen molar-refractivity contribution in [2.75, 3.05) is 5.32 Å². The molecule has 0 unspecified atom stereocenters. The van der Waals surface area contributed by atoms with Crippen molar-refractivity contribution in [3.05, 3.63) is 29.3 Å². The van der Waals surface area contributed by atoms with Crippen LogP contribution in [0.2, 0.25) is 0 Å². The van der Waals surface area contributed by atoms with Crippen molar-refractivity contribution in [3.63, 3.8) is 0 Å². The zero-order valence-electron chi connectivity index (χ0n) is 15.3. The molecule has 0 aliphatic heterocycles. The van der Waals surface area contributed by atoms with Crippen LogP contribution in [0, 0.1) is 11.3 Å². The third-order valence-electron chi connectivity index (χ3n) is 4.19. The minimum Gasteiger partial charge on any atom is -0.478 e. The van der Waals surface area contributed by atoms with Crippen molar-refractivity contribution in [2.24, 2.45) is 0 Å². The standard InChI is InChI=1S/C19H25N3O4/c1-19(2,3)26-18(25)22-15-8-6-14(7-9-15)21-16-10-12(17(23)24)4-5-13(16)11-20/h4-5,10,14-15,21H,6-9H2,1-3H3,(H,22,25)(H,23,24)/t14-,15-. The lowest BCUT2D eigenvalue weighted by Gasteiger charge is -2.31. The molecule has 1 aliphatic rings. The lowest BCUT2D eigenvalue weighted by atomic mass is 9.91. The molecule has 140 valence electrons. The van der Waals surface area contributed by atoms with Gasteiger partial charge in [0, 0.05) is 12.1 Å². The van der Waals surface area contributed by atoms with Gasteiger partial charge in [-0.2, -0.15) is 5.26 Å². The number of carbonyl (C=O) groups is 2. The second-order valence-electron chi connectivity index (χ2n) is 7.52. The number of nitrogens with zero attached hydrogens (tertiary/aromatic N) is 1. The van der Waals surface area contributed by atoms with Crippen molar-refractivity contribution in [3.8, 4) is 6.07 Å². The topological polar surface area (TPSA) is 111 Å². The highest BCUT2D eigenvalue weighted by molar-refractivity contribution is 5.89. The third-order valence-corrected chi connectivity index (χ3v) is 4.19. The van der Waals surface area contributed by atoms with E-state index in [9.17, 15) is 14.9 Å². The van der Waals surface area contributed by atoms with Gasteiger partial charge in [-0.3, -0.25) is 0 Å². The van der Waals surface area contributed by atoms with Crippen molar-refractivity contribution in [1.29, 1.82) is 5.26 Å². The Morgan fingerprint density at radius 2 is 1.81 bits per heavy atom. The van der Waals surface area contributed by atoms with E-state index in [0.29, 0.717) is 11.3 Å². The Morgan fingerprint density at radius 3 is 2.35 bits per heavy atom. The van der Waals surface area contributed by atoms with E-state index in [-0.39, 0.29) is 17.6 Å². The Morgan fingerprint density at radius 1 is 1.19 bits per heavy atom. The van der Waals surface area contributed by atoms with Crippen LogP contribution < -0.4 is 10.6 Å². The highest BCUT2D eigenvalue weighted by atomic mass is 16.6. The Hall–Kier alpha value is -2.75. The zero-order valence-corrected chi connectivity index (χ0v) is 15.3. The minimum absolute atomic E-state index is 0.0590. The number of rotatable bonds is 4. The highest BCUT2D eigenvalue weighted by Crippen LogP contribution is 2.25. The summed E-state index contributed by atoms with van der Waals surface area (Å²) >= 11 is 0. The van der Waals surface area contributed by atoms with Crippen LogP contribution in [-0.2, 0) is 4.74 Å². The summed E-state index contributed by atoms with van der Waals surface area (Å²) in [4.78, 5) is 23.0. The van der Waals surface area contributed by atoms with Crippen LogP contribution in [0.5, 0.6) is 0 Å². The van der Waals surface area contributed by atoms with E-state index in [1.54, 1.807) is 0 Å². The van der Waals surface area contributed by atoms with E-state index < -0.39 is 17.7 Å². The molecule has 1 saturated carbocycles. The molecule has 26 heavy (non-hydrogen) atoms. The van der Waals surface area contributed by atoms with Crippen molar-refractivity contribution in [2.45, 2.75) is 64.1 Å². The van der Waals surface area contributed by atoms with Crippen LogP contribution >= 0.6 is 0 Å². The largest absolute Gasteiger partial charge is 0.478 e. The average molecular weight is 359 g/mol. The number of benzene rings is 1. The molecular weight excluding hydrogens is 334 g/mol. The molecule has 0 bridgehead atoms. The maximum atomic E-state index is 11.8. The molecule has 1 aromatic carbocycles. The van der Waals surface area contributed by atoms with Gasteiger partial charge in [0.05, 0.1) is 16.8 Å². The minimum atomic E-state index is -1.03. The monoisotopic (exact) mass is 359 g/mol. The van der Waals surface area contributed by atoms with Gasteiger partial charge in [0.1, 0.15) is 11.7 Å². The number of amides is 1. The quantitative estimate of drug-likeness (QED) is 0.758. The second-order valence-corrected chi connectivity index (χ2v) is 7.52. The summed E-state index contributed by atoms with van der Waals surface area (Å²) in [7, 11) is 0. The number of anilines is 1. The molecule has 0 heterocycles. The van der Waals surface area contributed by atoms with Gasteiger partial charge in [0.15, 0.2) is 0 Å². The summed E-state index contributed by atoms with van der Waals surface area (Å²) in [6.45, 7) is 5.47. The number of nitrogens with one attached hydrogen (secondary N) is 2. The maximum Gasteiger partial charge on any atom is 0.407 e. The Labute approximate surface area is 153 Å². The van der Waals surface area contributed by atoms with Gasteiger partial charge in [0.25, 0.3) is 0 Å². The molecular formula is C19H25N3O4. The first-order chi connectivity index (χ1) is 12.2. The molecule has 3 N–H and O–H groups in total. The summed E-state index contributed by atoms with van der Waals surface area (Å²) in [5, 5.41) is 24.5. The van der Waals surface area contributed by atoms with E-state index in [0.717, 1.165) is 25.7 Å². The molecule has 0 aromatic heterocycles. The Balaban J connectivity index is 1.91. The molecule has 7 heteroatoms. The number of hydrogen-bond acceptors (Lipinski definition) is 5. The highest BCUT2D eigenvalue weighted by Gasteiger charge is 2.25.